The Labute approximate surface area is 117 Å². The molecule has 0 aromatic carbocycles. The quantitative estimate of drug-likeness (QED) is 0.906. The van der Waals surface area contributed by atoms with Crippen LogP contribution in [-0.4, -0.2) is 23.0 Å². The number of nitrogens with two attached hydrogens (primary N) is 1. The molecule has 106 valence electrons. The van der Waals surface area contributed by atoms with Gasteiger partial charge in [0, 0.05) is 19.3 Å². The summed E-state index contributed by atoms with van der Waals surface area (Å²) in [6.07, 6.45) is 5.94. The lowest BCUT2D eigenvalue weighted by Gasteiger charge is -2.21. The van der Waals surface area contributed by atoms with Gasteiger partial charge in [0.05, 0.1) is 5.69 Å². The smallest absolute Gasteiger partial charge is 0.0542 e. The minimum absolute atomic E-state index is 0.531. The van der Waals surface area contributed by atoms with Crippen molar-refractivity contribution >= 4 is 0 Å². The normalized spacial score (nSPS) is 21.6. The van der Waals surface area contributed by atoms with Crippen LogP contribution in [0.4, 0.5) is 0 Å². The van der Waals surface area contributed by atoms with Crippen molar-refractivity contribution in [1.82, 2.24) is 9.88 Å². The molecule has 1 fully saturated rings. The first-order valence-electron chi connectivity index (χ1n) is 7.55. The van der Waals surface area contributed by atoms with Gasteiger partial charge in [-0.25, -0.2) is 0 Å². The molecule has 19 heavy (non-hydrogen) atoms. The first-order valence-corrected chi connectivity index (χ1v) is 7.55. The highest BCUT2D eigenvalue weighted by molar-refractivity contribution is 5.16. The molecular formula is C16H27N3. The Hall–Kier alpha value is -0.930. The van der Waals surface area contributed by atoms with Crippen LogP contribution < -0.4 is 5.73 Å². The summed E-state index contributed by atoms with van der Waals surface area (Å²) in [7, 11) is 0. The van der Waals surface area contributed by atoms with Gasteiger partial charge < -0.3 is 5.73 Å². The van der Waals surface area contributed by atoms with E-state index in [1.165, 1.54) is 37.9 Å². The number of rotatable bonds is 4. The zero-order valence-electron chi connectivity index (χ0n) is 12.3. The van der Waals surface area contributed by atoms with Gasteiger partial charge in [0.15, 0.2) is 0 Å². The zero-order valence-corrected chi connectivity index (χ0v) is 12.3. The molecular weight excluding hydrogens is 234 g/mol. The lowest BCUT2D eigenvalue weighted by Crippen LogP contribution is -2.24. The molecule has 1 aliphatic rings. The van der Waals surface area contributed by atoms with Crippen molar-refractivity contribution in [1.29, 1.82) is 0 Å². The van der Waals surface area contributed by atoms with Crippen molar-refractivity contribution in [3.05, 3.63) is 29.6 Å². The van der Waals surface area contributed by atoms with E-state index in [-0.39, 0.29) is 0 Å². The fourth-order valence-electron chi connectivity index (χ4n) is 3.00. The van der Waals surface area contributed by atoms with Gasteiger partial charge in [-0.3, -0.25) is 9.88 Å². The third kappa shape index (κ3) is 4.29. The summed E-state index contributed by atoms with van der Waals surface area (Å²) in [6, 6.07) is 4.26. The van der Waals surface area contributed by atoms with Crippen molar-refractivity contribution in [3.63, 3.8) is 0 Å². The molecule has 1 saturated heterocycles. The van der Waals surface area contributed by atoms with Crippen LogP contribution in [0.15, 0.2) is 18.3 Å². The number of likely N-dealkylation sites (tertiary alicyclic amines) is 1. The molecule has 1 aromatic rings. The van der Waals surface area contributed by atoms with E-state index in [1.807, 2.05) is 6.20 Å². The van der Waals surface area contributed by atoms with E-state index in [0.717, 1.165) is 24.1 Å². The largest absolute Gasteiger partial charge is 0.325 e. The lowest BCUT2D eigenvalue weighted by molar-refractivity contribution is 0.264. The van der Waals surface area contributed by atoms with Gasteiger partial charge in [-0.05, 0) is 61.9 Å². The Bertz CT molecular complexity index is 389. The number of hydrogen-bond donors (Lipinski definition) is 1. The number of hydrogen-bond acceptors (Lipinski definition) is 3. The van der Waals surface area contributed by atoms with Gasteiger partial charge in [-0.1, -0.05) is 13.8 Å². The van der Waals surface area contributed by atoms with Gasteiger partial charge in [0.25, 0.3) is 0 Å². The van der Waals surface area contributed by atoms with Crippen LogP contribution in [0, 0.1) is 11.8 Å². The standard InChI is InChI=1S/C16H27N3/c1-13(2)15-4-3-8-19(9-6-15)12-14-5-7-18-16(10-14)11-17/h5,7,10,13,15H,3-4,6,8-9,11-12,17H2,1-2H3. The second kappa shape index (κ2) is 7.01. The summed E-state index contributed by atoms with van der Waals surface area (Å²) in [5, 5.41) is 0. The van der Waals surface area contributed by atoms with Crippen LogP contribution in [0.5, 0.6) is 0 Å². The van der Waals surface area contributed by atoms with E-state index in [0.29, 0.717) is 6.54 Å². The van der Waals surface area contributed by atoms with Crippen molar-refractivity contribution < 1.29 is 0 Å². The monoisotopic (exact) mass is 261 g/mol. The molecule has 2 heterocycles. The van der Waals surface area contributed by atoms with E-state index < -0.39 is 0 Å². The average molecular weight is 261 g/mol. The van der Waals surface area contributed by atoms with E-state index >= 15 is 0 Å². The Morgan fingerprint density at radius 2 is 2.21 bits per heavy atom. The van der Waals surface area contributed by atoms with Crippen LogP contribution in [0.1, 0.15) is 44.4 Å². The Balaban J connectivity index is 1.92. The second-order valence-corrected chi connectivity index (χ2v) is 6.07. The summed E-state index contributed by atoms with van der Waals surface area (Å²) in [5.41, 5.74) is 7.99. The summed E-state index contributed by atoms with van der Waals surface area (Å²) >= 11 is 0. The van der Waals surface area contributed by atoms with Crippen molar-refractivity contribution in [2.75, 3.05) is 13.1 Å². The predicted molar refractivity (Wildman–Crippen MR) is 79.6 cm³/mol. The maximum atomic E-state index is 5.65. The highest BCUT2D eigenvalue weighted by Gasteiger charge is 2.19. The van der Waals surface area contributed by atoms with Crippen molar-refractivity contribution in [2.24, 2.45) is 17.6 Å². The predicted octanol–water partition coefficient (Wildman–Crippen LogP) is 2.80. The average Bonchev–Trinajstić information content (AvgIpc) is 2.65. The van der Waals surface area contributed by atoms with Gasteiger partial charge >= 0.3 is 0 Å². The van der Waals surface area contributed by atoms with Crippen molar-refractivity contribution in [2.45, 2.75) is 46.2 Å². The van der Waals surface area contributed by atoms with Crippen LogP contribution in [0.2, 0.25) is 0 Å². The molecule has 1 atom stereocenters. The fourth-order valence-corrected chi connectivity index (χ4v) is 3.00. The van der Waals surface area contributed by atoms with E-state index in [2.05, 4.69) is 35.9 Å². The van der Waals surface area contributed by atoms with Crippen LogP contribution in [0.25, 0.3) is 0 Å². The fraction of sp³-hybridized carbons (Fsp3) is 0.688. The Kier molecular flexibility index (Phi) is 5.34. The third-order valence-corrected chi connectivity index (χ3v) is 4.30. The molecule has 1 aromatic heterocycles. The van der Waals surface area contributed by atoms with E-state index in [1.54, 1.807) is 0 Å². The third-order valence-electron chi connectivity index (χ3n) is 4.30. The second-order valence-electron chi connectivity index (χ2n) is 6.07. The van der Waals surface area contributed by atoms with Crippen LogP contribution >= 0.6 is 0 Å². The molecule has 1 unspecified atom stereocenters. The molecule has 1 aliphatic heterocycles. The zero-order chi connectivity index (χ0) is 13.7. The maximum absolute atomic E-state index is 5.65. The molecule has 2 N–H and O–H groups in total. The molecule has 0 bridgehead atoms. The van der Waals surface area contributed by atoms with Gasteiger partial charge in [0.1, 0.15) is 0 Å². The molecule has 0 aliphatic carbocycles. The minimum Gasteiger partial charge on any atom is -0.325 e. The van der Waals surface area contributed by atoms with E-state index in [9.17, 15) is 0 Å². The molecule has 0 saturated carbocycles. The SMILES string of the molecule is CC(C)C1CCCN(Cc2ccnc(CN)c2)CC1. The number of nitrogens with zero attached hydrogens (tertiary/aromatic N) is 2. The molecule has 3 nitrogen and oxygen atoms in total. The minimum atomic E-state index is 0.531. The highest BCUT2D eigenvalue weighted by Crippen LogP contribution is 2.25. The molecule has 0 radical (unpaired) electrons. The lowest BCUT2D eigenvalue weighted by atomic mass is 9.89. The summed E-state index contributed by atoms with van der Waals surface area (Å²) in [4.78, 5) is 6.84. The maximum Gasteiger partial charge on any atom is 0.0542 e. The van der Waals surface area contributed by atoms with Gasteiger partial charge in [0.2, 0.25) is 0 Å². The molecule has 3 heteroatoms. The van der Waals surface area contributed by atoms with Gasteiger partial charge in [-0.15, -0.1) is 0 Å². The van der Waals surface area contributed by atoms with Crippen LogP contribution in [-0.2, 0) is 13.1 Å². The Morgan fingerprint density at radius 1 is 1.37 bits per heavy atom. The first-order chi connectivity index (χ1) is 9.19. The van der Waals surface area contributed by atoms with E-state index in [4.69, 9.17) is 5.73 Å². The van der Waals surface area contributed by atoms with Crippen LogP contribution in [0.3, 0.4) is 0 Å². The number of pyridine rings is 1. The summed E-state index contributed by atoms with van der Waals surface area (Å²) < 4.78 is 0. The first kappa shape index (κ1) is 14.5. The Morgan fingerprint density at radius 3 is 2.95 bits per heavy atom. The number of aromatic nitrogens is 1. The topological polar surface area (TPSA) is 42.2 Å². The molecule has 0 amide bonds. The summed E-state index contributed by atoms with van der Waals surface area (Å²) in [5.74, 6) is 1.73. The molecule has 2 rings (SSSR count). The highest BCUT2D eigenvalue weighted by atomic mass is 15.1. The van der Waals surface area contributed by atoms with Crippen molar-refractivity contribution in [3.8, 4) is 0 Å². The summed E-state index contributed by atoms with van der Waals surface area (Å²) in [6.45, 7) is 8.74. The molecule has 0 spiro atoms. The van der Waals surface area contributed by atoms with Gasteiger partial charge in [-0.2, -0.15) is 0 Å².